The zero-order valence-corrected chi connectivity index (χ0v) is 20.0. The van der Waals surface area contributed by atoms with Crippen LogP contribution in [0, 0.1) is 12.7 Å². The molecule has 5 nitrogen and oxygen atoms in total. The second kappa shape index (κ2) is 11.7. The molecule has 0 saturated heterocycles. The summed E-state index contributed by atoms with van der Waals surface area (Å²) in [5.41, 5.74) is 3.25. The number of halogens is 2. The van der Waals surface area contributed by atoms with Crippen molar-refractivity contribution in [2.24, 2.45) is 4.99 Å². The number of carbonyl (C=O) groups excluding carboxylic acids is 1. The predicted octanol–water partition coefficient (Wildman–Crippen LogP) is 3.92. The highest BCUT2D eigenvalue weighted by atomic mass is 127. The fourth-order valence-electron chi connectivity index (χ4n) is 2.80. The van der Waals surface area contributed by atoms with Crippen LogP contribution in [0.15, 0.2) is 47.5 Å². The van der Waals surface area contributed by atoms with Gasteiger partial charge in [-0.15, -0.1) is 24.0 Å². The van der Waals surface area contributed by atoms with Gasteiger partial charge in [-0.25, -0.2) is 4.39 Å². The molecule has 0 aliphatic carbocycles. The number of carbonyl (C=O) groups is 1. The van der Waals surface area contributed by atoms with Crippen molar-refractivity contribution in [2.45, 2.75) is 26.3 Å². The van der Waals surface area contributed by atoms with Crippen LogP contribution in [-0.4, -0.2) is 44.5 Å². The third-order valence-corrected chi connectivity index (χ3v) is 4.56. The van der Waals surface area contributed by atoms with Gasteiger partial charge < -0.3 is 15.5 Å². The van der Waals surface area contributed by atoms with Gasteiger partial charge in [-0.3, -0.25) is 9.79 Å². The maximum Gasteiger partial charge on any atom is 0.253 e. The Morgan fingerprint density at radius 1 is 1.21 bits per heavy atom. The van der Waals surface area contributed by atoms with Crippen LogP contribution in [0.5, 0.6) is 0 Å². The lowest BCUT2D eigenvalue weighted by Crippen LogP contribution is -2.39. The SMILES string of the molecule is CN=C(NCCc1cccc(C(=O)N(C)C)c1)NC(C)c1ccc(C)c(F)c1.I. The van der Waals surface area contributed by atoms with E-state index in [9.17, 15) is 9.18 Å². The van der Waals surface area contributed by atoms with Gasteiger partial charge >= 0.3 is 0 Å². The molecule has 0 spiro atoms. The lowest BCUT2D eigenvalue weighted by molar-refractivity contribution is 0.0827. The number of nitrogens with one attached hydrogen (secondary N) is 2. The molecule has 158 valence electrons. The molecule has 2 rings (SSSR count). The number of nitrogens with zero attached hydrogens (tertiary/aromatic N) is 2. The van der Waals surface area contributed by atoms with E-state index in [1.807, 2.05) is 37.3 Å². The normalized spacial score (nSPS) is 12.0. The van der Waals surface area contributed by atoms with Gasteiger partial charge in [0.25, 0.3) is 5.91 Å². The van der Waals surface area contributed by atoms with Crippen LogP contribution >= 0.6 is 24.0 Å². The van der Waals surface area contributed by atoms with Crippen LogP contribution in [0.3, 0.4) is 0 Å². The van der Waals surface area contributed by atoms with Crippen molar-refractivity contribution in [3.05, 3.63) is 70.5 Å². The third kappa shape index (κ3) is 7.30. The first-order valence-corrected chi connectivity index (χ1v) is 9.35. The van der Waals surface area contributed by atoms with Crippen molar-refractivity contribution < 1.29 is 9.18 Å². The summed E-state index contributed by atoms with van der Waals surface area (Å²) in [7, 11) is 5.19. The molecule has 29 heavy (non-hydrogen) atoms. The molecule has 0 aromatic heterocycles. The van der Waals surface area contributed by atoms with Gasteiger partial charge in [0.2, 0.25) is 0 Å². The molecule has 0 saturated carbocycles. The summed E-state index contributed by atoms with van der Waals surface area (Å²) in [6.07, 6.45) is 0.753. The first kappa shape index (κ1) is 24.9. The molecule has 2 N–H and O–H groups in total. The van der Waals surface area contributed by atoms with E-state index < -0.39 is 0 Å². The summed E-state index contributed by atoms with van der Waals surface area (Å²) in [6, 6.07) is 12.8. The van der Waals surface area contributed by atoms with E-state index in [1.165, 1.54) is 0 Å². The first-order valence-electron chi connectivity index (χ1n) is 9.35. The Morgan fingerprint density at radius 3 is 2.55 bits per heavy atom. The highest BCUT2D eigenvalue weighted by Crippen LogP contribution is 2.16. The minimum Gasteiger partial charge on any atom is -0.356 e. The standard InChI is InChI=1S/C22H29FN4O.HI/c1-15-9-10-18(14-20(15)23)16(2)26-22(24-3)25-12-11-17-7-6-8-19(13-17)21(28)27(4)5;/h6-10,13-14,16H,11-12H2,1-5H3,(H2,24,25,26);1H. The van der Waals surface area contributed by atoms with E-state index in [4.69, 9.17) is 0 Å². The van der Waals surface area contributed by atoms with Crippen molar-refractivity contribution >= 4 is 35.8 Å². The molecule has 0 radical (unpaired) electrons. The van der Waals surface area contributed by atoms with Crippen LogP contribution < -0.4 is 10.6 Å². The number of hydrogen-bond acceptors (Lipinski definition) is 2. The zero-order valence-electron chi connectivity index (χ0n) is 17.6. The molecule has 0 heterocycles. The van der Waals surface area contributed by atoms with Gasteiger partial charge in [0, 0.05) is 33.3 Å². The number of guanidine groups is 1. The Bertz CT molecular complexity index is 854. The van der Waals surface area contributed by atoms with Crippen molar-refractivity contribution in [1.29, 1.82) is 0 Å². The van der Waals surface area contributed by atoms with Crippen LogP contribution in [0.25, 0.3) is 0 Å². The molecule has 0 fully saturated rings. The second-order valence-corrected chi connectivity index (χ2v) is 7.02. The number of aryl methyl sites for hydroxylation is 1. The van der Waals surface area contributed by atoms with Crippen LogP contribution in [-0.2, 0) is 6.42 Å². The summed E-state index contributed by atoms with van der Waals surface area (Å²) in [4.78, 5) is 17.9. The fraction of sp³-hybridized carbons (Fsp3) is 0.364. The minimum atomic E-state index is -0.207. The van der Waals surface area contributed by atoms with Crippen molar-refractivity contribution in [2.75, 3.05) is 27.7 Å². The van der Waals surface area contributed by atoms with E-state index in [0.29, 0.717) is 23.6 Å². The van der Waals surface area contributed by atoms with E-state index in [1.54, 1.807) is 45.1 Å². The molecule has 1 unspecified atom stereocenters. The molecule has 0 bridgehead atoms. The van der Waals surface area contributed by atoms with Crippen LogP contribution in [0.2, 0.25) is 0 Å². The summed E-state index contributed by atoms with van der Waals surface area (Å²) in [5.74, 6) is 0.432. The number of hydrogen-bond donors (Lipinski definition) is 2. The van der Waals surface area contributed by atoms with Gasteiger partial charge in [-0.05, 0) is 55.2 Å². The Morgan fingerprint density at radius 2 is 1.93 bits per heavy atom. The average Bonchev–Trinajstić information content (AvgIpc) is 2.68. The molecule has 0 aliphatic heterocycles. The van der Waals surface area contributed by atoms with Gasteiger partial charge in [0.1, 0.15) is 5.82 Å². The Labute approximate surface area is 189 Å². The molecular formula is C22H30FIN4O. The quantitative estimate of drug-likeness (QED) is 0.351. The lowest BCUT2D eigenvalue weighted by Gasteiger charge is -2.19. The van der Waals surface area contributed by atoms with E-state index >= 15 is 0 Å². The maximum absolute atomic E-state index is 13.8. The predicted molar refractivity (Wildman–Crippen MR) is 128 cm³/mol. The molecule has 1 atom stereocenters. The van der Waals surface area contributed by atoms with Crippen molar-refractivity contribution in [3.63, 3.8) is 0 Å². The first-order chi connectivity index (χ1) is 13.3. The topological polar surface area (TPSA) is 56.7 Å². The smallest absolute Gasteiger partial charge is 0.253 e. The molecular weight excluding hydrogens is 482 g/mol. The van der Waals surface area contributed by atoms with Crippen LogP contribution in [0.4, 0.5) is 4.39 Å². The fourth-order valence-corrected chi connectivity index (χ4v) is 2.80. The molecule has 7 heteroatoms. The summed E-state index contributed by atoms with van der Waals surface area (Å²) in [5, 5.41) is 6.54. The second-order valence-electron chi connectivity index (χ2n) is 7.02. The maximum atomic E-state index is 13.8. The van der Waals surface area contributed by atoms with E-state index in [-0.39, 0.29) is 41.7 Å². The van der Waals surface area contributed by atoms with Crippen LogP contribution in [0.1, 0.15) is 40.0 Å². The number of amides is 1. The molecule has 0 aliphatic rings. The number of rotatable bonds is 6. The molecule has 1 amide bonds. The average molecular weight is 512 g/mol. The molecule has 2 aromatic carbocycles. The minimum absolute atomic E-state index is 0. The third-order valence-electron chi connectivity index (χ3n) is 4.56. The highest BCUT2D eigenvalue weighted by molar-refractivity contribution is 14.0. The van der Waals surface area contributed by atoms with Crippen molar-refractivity contribution in [3.8, 4) is 0 Å². The molecule has 2 aromatic rings. The van der Waals surface area contributed by atoms with Gasteiger partial charge in [0.15, 0.2) is 5.96 Å². The number of benzene rings is 2. The van der Waals surface area contributed by atoms with Crippen molar-refractivity contribution in [1.82, 2.24) is 15.5 Å². The highest BCUT2D eigenvalue weighted by Gasteiger charge is 2.10. The van der Waals surface area contributed by atoms with E-state index in [2.05, 4.69) is 15.6 Å². The monoisotopic (exact) mass is 512 g/mol. The largest absolute Gasteiger partial charge is 0.356 e. The Balaban J connectivity index is 0.00000420. The van der Waals surface area contributed by atoms with E-state index in [0.717, 1.165) is 17.5 Å². The Kier molecular flexibility index (Phi) is 10.1. The van der Waals surface area contributed by atoms with Gasteiger partial charge in [0.05, 0.1) is 6.04 Å². The summed E-state index contributed by atoms with van der Waals surface area (Å²) in [6.45, 7) is 4.38. The van der Waals surface area contributed by atoms with Gasteiger partial charge in [-0.1, -0.05) is 24.3 Å². The summed E-state index contributed by atoms with van der Waals surface area (Å²) >= 11 is 0. The Hall–Kier alpha value is -2.16. The zero-order chi connectivity index (χ0) is 20.7. The number of aliphatic imine (C=N–C) groups is 1. The lowest BCUT2D eigenvalue weighted by atomic mass is 10.1. The van der Waals surface area contributed by atoms with Gasteiger partial charge in [-0.2, -0.15) is 0 Å². The summed E-state index contributed by atoms with van der Waals surface area (Å²) < 4.78 is 13.8.